The van der Waals surface area contributed by atoms with Crippen molar-refractivity contribution >= 4 is 40.9 Å². The molecule has 0 radical (unpaired) electrons. The number of aryl methyl sites for hydroxylation is 1. The number of guanidine groups is 1. The Labute approximate surface area is 279 Å². The van der Waals surface area contributed by atoms with Crippen LogP contribution in [0.4, 0.5) is 5.69 Å². The van der Waals surface area contributed by atoms with Gasteiger partial charge in [0.25, 0.3) is 5.91 Å². The number of benzene rings is 3. The fourth-order valence-electron chi connectivity index (χ4n) is 5.60. The van der Waals surface area contributed by atoms with Crippen molar-refractivity contribution in [3.63, 3.8) is 0 Å². The lowest BCUT2D eigenvalue weighted by Crippen LogP contribution is -2.47. The second-order valence-corrected chi connectivity index (χ2v) is 12.6. The highest BCUT2D eigenvalue weighted by molar-refractivity contribution is 7.99. The molecule has 1 aliphatic heterocycles. The van der Waals surface area contributed by atoms with Gasteiger partial charge in [-0.1, -0.05) is 60.1 Å². The van der Waals surface area contributed by atoms with Crippen LogP contribution in [-0.2, 0) is 16.0 Å². The number of nitrogens with zero attached hydrogens (tertiary/aromatic N) is 3. The van der Waals surface area contributed by atoms with E-state index in [9.17, 15) is 4.79 Å². The number of halogens is 1. The number of thioether (sulfide) groups is 1. The molecule has 4 aromatic rings. The molecule has 11 heteroatoms. The number of hydrogen-bond donors (Lipinski definition) is 4. The van der Waals surface area contributed by atoms with E-state index in [1.165, 1.54) is 7.05 Å². The Morgan fingerprint density at radius 1 is 1.04 bits per heavy atom. The van der Waals surface area contributed by atoms with Crippen molar-refractivity contribution < 1.29 is 14.2 Å². The summed E-state index contributed by atoms with van der Waals surface area (Å²) in [4.78, 5) is 23.6. The average Bonchev–Trinajstić information content (AvgIpc) is 3.10. The number of pyridine rings is 1. The highest BCUT2D eigenvalue weighted by atomic mass is 35.5. The van der Waals surface area contributed by atoms with Crippen LogP contribution in [0, 0.1) is 5.53 Å². The van der Waals surface area contributed by atoms with Crippen LogP contribution in [0.15, 0.2) is 113 Å². The Morgan fingerprint density at radius 3 is 2.46 bits per heavy atom. The maximum atomic E-state index is 14.2. The first-order chi connectivity index (χ1) is 22.4. The molecule has 0 saturated carbocycles. The molecule has 3 aromatic carbocycles. The molecule has 5 rings (SSSR count). The van der Waals surface area contributed by atoms with Crippen molar-refractivity contribution in [3.05, 3.63) is 125 Å². The summed E-state index contributed by atoms with van der Waals surface area (Å²) in [5.41, 5.74) is 18.4. The quantitative estimate of drug-likeness (QED) is 0.0491. The summed E-state index contributed by atoms with van der Waals surface area (Å²) in [6.45, 7) is 1.58. The number of para-hydroxylation sites is 1. The van der Waals surface area contributed by atoms with Crippen molar-refractivity contribution in [1.29, 1.82) is 5.53 Å². The lowest BCUT2D eigenvalue weighted by molar-refractivity contribution is -0.535. The summed E-state index contributed by atoms with van der Waals surface area (Å²) in [6, 6.07) is 28.0. The summed E-state index contributed by atoms with van der Waals surface area (Å²) >= 11 is 7.78. The monoisotopic (exact) mass is 656 g/mol. The van der Waals surface area contributed by atoms with Crippen molar-refractivity contribution in [2.75, 3.05) is 31.2 Å². The number of rotatable bonds is 12. The zero-order valence-electron chi connectivity index (χ0n) is 25.7. The zero-order valence-corrected chi connectivity index (χ0v) is 27.3. The minimum Gasteiger partial charge on any atom is -0.371 e. The summed E-state index contributed by atoms with van der Waals surface area (Å²) in [6.07, 6.45) is 5.00. The van der Waals surface area contributed by atoms with Crippen LogP contribution in [0.3, 0.4) is 0 Å². The number of hydrogen-bond acceptors (Lipinski definition) is 7. The first kappa shape index (κ1) is 33.3. The molecule has 0 bridgehead atoms. The molecular formula is C35H39ClN7O2S+. The van der Waals surface area contributed by atoms with Gasteiger partial charge in [0.05, 0.1) is 25.2 Å². The number of carbonyl (C=O) groups is 1. The normalized spacial score (nSPS) is 18.0. The van der Waals surface area contributed by atoms with Gasteiger partial charge in [0, 0.05) is 46.8 Å². The van der Waals surface area contributed by atoms with E-state index >= 15 is 0 Å². The van der Waals surface area contributed by atoms with Gasteiger partial charge in [-0.15, -0.1) is 21.5 Å². The first-order valence-electron chi connectivity index (χ1n) is 15.2. The lowest BCUT2D eigenvalue weighted by Gasteiger charge is -2.31. The van der Waals surface area contributed by atoms with Crippen LogP contribution < -0.4 is 16.4 Å². The van der Waals surface area contributed by atoms with E-state index in [2.05, 4.69) is 20.6 Å². The summed E-state index contributed by atoms with van der Waals surface area (Å²) in [5.74, 6) is -0.102. The zero-order chi connectivity index (χ0) is 32.3. The third kappa shape index (κ3) is 8.79. The summed E-state index contributed by atoms with van der Waals surface area (Å²) in [5, 5.41) is 7.38. The largest absolute Gasteiger partial charge is 0.403 e. The molecule has 0 aliphatic carbocycles. The average molecular weight is 657 g/mol. The standard InChI is InChI=1S/C35H38ClN7O2S/c1-39-35(37)43(38)33(32(25-8-3-2-4-9-25)26-17-19-40-20-18-26)34(44)42-31-10-6-5-7-24(31)11-14-28-21-41-22-29(45-28)23-46-30-15-12-27(36)13-16-30/h2-10,12-13,15-20,28-29,32-33,38,41H,11,14,21-23H2,1H3,(H2-,37,39,42,44)/p+1. The van der Waals surface area contributed by atoms with E-state index in [-0.39, 0.29) is 24.1 Å². The SMILES string of the molecule is CN=C(N)[N+](=N)C(C(=O)Nc1ccccc1CCC1CNCC(CSc2ccc(Cl)cc2)O1)C(c1ccccc1)c1ccncc1. The van der Waals surface area contributed by atoms with Crippen LogP contribution >= 0.6 is 23.4 Å². The molecule has 1 fully saturated rings. The van der Waals surface area contributed by atoms with Crippen LogP contribution in [-0.4, -0.2) is 65.7 Å². The number of amides is 1. The number of carbonyl (C=O) groups excluding carboxylic acids is 1. The van der Waals surface area contributed by atoms with Gasteiger partial charge in [-0.2, -0.15) is 5.53 Å². The van der Waals surface area contributed by atoms with Gasteiger partial charge in [-0.05, 0) is 72.0 Å². The maximum Gasteiger partial charge on any atom is 0.403 e. The Hall–Kier alpha value is -4.09. The van der Waals surface area contributed by atoms with Crippen molar-refractivity contribution in [2.45, 2.75) is 41.9 Å². The van der Waals surface area contributed by atoms with E-state index < -0.39 is 12.0 Å². The van der Waals surface area contributed by atoms with Crippen LogP contribution in [0.25, 0.3) is 0 Å². The van der Waals surface area contributed by atoms with E-state index in [0.29, 0.717) is 12.1 Å². The van der Waals surface area contributed by atoms with Gasteiger partial charge in [0.1, 0.15) is 0 Å². The molecule has 2 heterocycles. The smallest absolute Gasteiger partial charge is 0.371 e. The minimum atomic E-state index is -1.02. The minimum absolute atomic E-state index is 0.0412. The molecule has 1 aromatic heterocycles. The first-order valence-corrected chi connectivity index (χ1v) is 16.6. The molecule has 5 N–H and O–H groups in total. The van der Waals surface area contributed by atoms with Gasteiger partial charge in [0.15, 0.2) is 6.04 Å². The van der Waals surface area contributed by atoms with Gasteiger partial charge < -0.3 is 15.4 Å². The Kier molecular flexibility index (Phi) is 11.9. The third-order valence-electron chi connectivity index (χ3n) is 7.95. The number of anilines is 1. The molecule has 0 spiro atoms. The summed E-state index contributed by atoms with van der Waals surface area (Å²) in [7, 11) is 1.51. The molecule has 9 nitrogen and oxygen atoms in total. The van der Waals surface area contributed by atoms with E-state index in [4.69, 9.17) is 27.6 Å². The third-order valence-corrected chi connectivity index (χ3v) is 9.35. The van der Waals surface area contributed by atoms with Crippen LogP contribution in [0.5, 0.6) is 0 Å². The predicted octanol–water partition coefficient (Wildman–Crippen LogP) is 5.94. The molecule has 1 amide bonds. The Balaban J connectivity index is 1.30. The van der Waals surface area contributed by atoms with Gasteiger partial charge in [0.2, 0.25) is 0 Å². The topological polar surface area (TPSA) is 128 Å². The lowest BCUT2D eigenvalue weighted by atomic mass is 9.84. The number of morpholine rings is 1. The maximum absolute atomic E-state index is 14.2. The van der Waals surface area contributed by atoms with Crippen molar-refractivity contribution in [2.24, 2.45) is 10.7 Å². The fraction of sp³-hybridized carbons (Fsp3) is 0.286. The van der Waals surface area contributed by atoms with Crippen LogP contribution in [0.2, 0.25) is 5.02 Å². The highest BCUT2D eigenvalue weighted by Crippen LogP contribution is 2.31. The second-order valence-electron chi connectivity index (χ2n) is 11.1. The number of aliphatic imine (C=N–C) groups is 1. The van der Waals surface area contributed by atoms with E-state index in [0.717, 1.165) is 56.6 Å². The molecule has 46 heavy (non-hydrogen) atoms. The molecular weight excluding hydrogens is 618 g/mol. The highest BCUT2D eigenvalue weighted by Gasteiger charge is 2.39. The molecule has 238 valence electrons. The predicted molar refractivity (Wildman–Crippen MR) is 184 cm³/mol. The molecule has 4 unspecified atom stereocenters. The van der Waals surface area contributed by atoms with Crippen molar-refractivity contribution in [1.82, 2.24) is 10.3 Å². The van der Waals surface area contributed by atoms with Gasteiger partial charge in [-0.3, -0.25) is 15.5 Å². The Morgan fingerprint density at radius 2 is 1.72 bits per heavy atom. The van der Waals surface area contributed by atoms with E-state index in [1.54, 1.807) is 24.2 Å². The number of aromatic nitrogens is 1. The number of nitrogens with one attached hydrogen (secondary N) is 3. The second kappa shape index (κ2) is 16.5. The number of ether oxygens (including phenoxy) is 1. The van der Waals surface area contributed by atoms with Gasteiger partial charge in [-0.25, -0.2) is 0 Å². The van der Waals surface area contributed by atoms with E-state index in [1.807, 2.05) is 91.0 Å². The van der Waals surface area contributed by atoms with Crippen LogP contribution in [0.1, 0.15) is 29.0 Å². The fourth-order valence-corrected chi connectivity index (χ4v) is 6.63. The molecule has 1 saturated heterocycles. The molecule has 1 aliphatic rings. The van der Waals surface area contributed by atoms with Gasteiger partial charge >= 0.3 is 5.96 Å². The summed E-state index contributed by atoms with van der Waals surface area (Å²) < 4.78 is 7.45. The number of nitrogens with two attached hydrogens (primary N) is 1. The van der Waals surface area contributed by atoms with Crippen molar-refractivity contribution in [3.8, 4) is 0 Å². The molecule has 4 atom stereocenters. The Bertz CT molecular complexity index is 1580.